The van der Waals surface area contributed by atoms with Crippen molar-refractivity contribution in [1.82, 2.24) is 0 Å². The zero-order valence-corrected chi connectivity index (χ0v) is 49.9. The SMILES string of the molecule is CC/C=C\C/C=C\C/C=C\C/C=C\C/C=C\C/C=C\CCCCCCCCCCCCC(=O)OCC(COC(=O)CCCCCCCCCCCCCCC)OC(=O)CCC/C=C\C/C=C\C/C=C\C/C=C\C/C=C\CC. The second-order valence-electron chi connectivity index (χ2n) is 20.6. The van der Waals surface area contributed by atoms with Crippen LogP contribution in [0.3, 0.4) is 0 Å². The van der Waals surface area contributed by atoms with Gasteiger partial charge in [0, 0.05) is 19.3 Å². The first-order valence-corrected chi connectivity index (χ1v) is 31.7. The van der Waals surface area contributed by atoms with E-state index in [0.717, 1.165) is 116 Å². The molecule has 0 saturated carbocycles. The van der Waals surface area contributed by atoms with Gasteiger partial charge in [-0.05, 0) is 109 Å². The third-order valence-electron chi connectivity index (χ3n) is 13.2. The molecule has 0 aliphatic carbocycles. The first-order chi connectivity index (χ1) is 38.0. The van der Waals surface area contributed by atoms with Gasteiger partial charge < -0.3 is 14.2 Å². The molecule has 0 aromatic rings. The fourth-order valence-electron chi connectivity index (χ4n) is 8.48. The normalized spacial score (nSPS) is 13.0. The average molecular weight is 1070 g/mol. The molecule has 0 fully saturated rings. The van der Waals surface area contributed by atoms with E-state index in [1.807, 2.05) is 0 Å². The summed E-state index contributed by atoms with van der Waals surface area (Å²) in [5.41, 5.74) is 0. The molecular formula is C71H116O6. The van der Waals surface area contributed by atoms with Crippen LogP contribution in [0, 0.1) is 0 Å². The Hall–Kier alpha value is -4.45. The van der Waals surface area contributed by atoms with E-state index in [9.17, 15) is 14.4 Å². The predicted molar refractivity (Wildman–Crippen MR) is 334 cm³/mol. The van der Waals surface area contributed by atoms with E-state index in [2.05, 4.69) is 154 Å². The molecule has 0 spiro atoms. The van der Waals surface area contributed by atoms with Gasteiger partial charge in [0.25, 0.3) is 0 Å². The van der Waals surface area contributed by atoms with Gasteiger partial charge in [0.2, 0.25) is 0 Å². The highest BCUT2D eigenvalue weighted by Gasteiger charge is 2.19. The van der Waals surface area contributed by atoms with Crippen molar-refractivity contribution in [3.63, 3.8) is 0 Å². The maximum absolute atomic E-state index is 12.9. The van der Waals surface area contributed by atoms with Crippen LogP contribution in [-0.4, -0.2) is 37.2 Å². The number of carbonyl (C=O) groups is 3. The number of ether oxygens (including phenoxy) is 3. The third kappa shape index (κ3) is 62.3. The Bertz CT molecular complexity index is 1650. The molecule has 0 aromatic carbocycles. The van der Waals surface area contributed by atoms with Crippen LogP contribution in [0.4, 0.5) is 0 Å². The molecule has 6 heteroatoms. The quantitative estimate of drug-likeness (QED) is 0.0261. The van der Waals surface area contributed by atoms with Gasteiger partial charge in [-0.1, -0.05) is 283 Å². The number of allylic oxidation sites excluding steroid dienone is 22. The Morgan fingerprint density at radius 2 is 0.519 bits per heavy atom. The molecule has 6 nitrogen and oxygen atoms in total. The Morgan fingerprint density at radius 3 is 0.831 bits per heavy atom. The number of esters is 3. The van der Waals surface area contributed by atoms with Gasteiger partial charge in [0.15, 0.2) is 6.10 Å². The lowest BCUT2D eigenvalue weighted by Gasteiger charge is -2.18. The highest BCUT2D eigenvalue weighted by Crippen LogP contribution is 2.15. The fraction of sp³-hybridized carbons (Fsp3) is 0.648. The van der Waals surface area contributed by atoms with Crippen LogP contribution in [0.25, 0.3) is 0 Å². The molecule has 0 rings (SSSR count). The Balaban J connectivity index is 4.36. The van der Waals surface area contributed by atoms with Gasteiger partial charge in [-0.3, -0.25) is 14.4 Å². The maximum Gasteiger partial charge on any atom is 0.306 e. The summed E-state index contributed by atoms with van der Waals surface area (Å²) in [5, 5.41) is 0. The molecule has 0 heterocycles. The molecule has 0 aliphatic heterocycles. The van der Waals surface area contributed by atoms with Gasteiger partial charge >= 0.3 is 17.9 Å². The Kier molecular flexibility index (Phi) is 60.4. The highest BCUT2D eigenvalue weighted by molar-refractivity contribution is 5.71. The van der Waals surface area contributed by atoms with Crippen molar-refractivity contribution in [2.75, 3.05) is 13.2 Å². The number of carbonyl (C=O) groups excluding carboxylic acids is 3. The summed E-state index contributed by atoms with van der Waals surface area (Å²) in [5.74, 6) is -0.964. The minimum Gasteiger partial charge on any atom is -0.462 e. The minimum atomic E-state index is -0.813. The second kappa shape index (κ2) is 64.1. The second-order valence-corrected chi connectivity index (χ2v) is 20.6. The molecule has 0 amide bonds. The van der Waals surface area contributed by atoms with Crippen LogP contribution < -0.4 is 0 Å². The first-order valence-electron chi connectivity index (χ1n) is 31.7. The topological polar surface area (TPSA) is 78.9 Å². The average Bonchev–Trinajstić information content (AvgIpc) is 3.43. The molecule has 0 aromatic heterocycles. The molecule has 0 N–H and O–H groups in total. The van der Waals surface area contributed by atoms with Crippen molar-refractivity contribution >= 4 is 17.9 Å². The van der Waals surface area contributed by atoms with E-state index in [1.165, 1.54) is 116 Å². The van der Waals surface area contributed by atoms with Crippen molar-refractivity contribution in [3.8, 4) is 0 Å². The van der Waals surface area contributed by atoms with Crippen LogP contribution in [0.1, 0.15) is 278 Å². The van der Waals surface area contributed by atoms with Crippen LogP contribution in [0.15, 0.2) is 134 Å². The summed E-state index contributed by atoms with van der Waals surface area (Å²) in [4.78, 5) is 38.2. The van der Waals surface area contributed by atoms with Crippen LogP contribution in [0.5, 0.6) is 0 Å². The molecule has 77 heavy (non-hydrogen) atoms. The monoisotopic (exact) mass is 1060 g/mol. The van der Waals surface area contributed by atoms with Crippen LogP contribution >= 0.6 is 0 Å². The van der Waals surface area contributed by atoms with E-state index in [0.29, 0.717) is 19.3 Å². The summed E-state index contributed by atoms with van der Waals surface area (Å²) in [6.07, 6.45) is 90.3. The maximum atomic E-state index is 12.9. The van der Waals surface area contributed by atoms with E-state index in [-0.39, 0.29) is 37.5 Å². The molecule has 0 aliphatic rings. The number of rotatable bonds is 56. The summed E-state index contributed by atoms with van der Waals surface area (Å²) < 4.78 is 16.9. The first kappa shape index (κ1) is 72.5. The largest absolute Gasteiger partial charge is 0.462 e. The van der Waals surface area contributed by atoms with E-state index in [4.69, 9.17) is 14.2 Å². The van der Waals surface area contributed by atoms with Crippen molar-refractivity contribution in [2.45, 2.75) is 284 Å². The van der Waals surface area contributed by atoms with Gasteiger partial charge in [0.1, 0.15) is 13.2 Å². The standard InChI is InChI=1S/C71H116O6/c1-4-7-10-13-16-19-22-25-27-29-30-31-32-33-34-35-36-37-38-39-40-42-43-46-49-52-55-58-61-64-70(73)76-67-68(66-75-69(72)63-60-57-54-51-48-45-24-21-18-15-12-9-6-3)77-71(74)65-62-59-56-53-50-47-44-41-28-26-23-20-17-14-11-8-5-2/h7-8,10-11,16-17,19-20,25-28,30-31,33-34,36-37,44,47,53,56,68H,4-6,9,12-15,18,21-24,29,32,35,38-43,45-46,48-52,54-55,57-67H2,1-3H3/b10-7-,11-8-,19-16-,20-17-,27-25-,28-26-,31-30-,34-33-,37-36-,47-44-,56-53-. The molecular weight excluding hydrogens is 949 g/mol. The lowest BCUT2D eigenvalue weighted by atomic mass is 10.0. The molecule has 1 unspecified atom stereocenters. The van der Waals surface area contributed by atoms with E-state index < -0.39 is 6.10 Å². The van der Waals surface area contributed by atoms with Gasteiger partial charge in [-0.15, -0.1) is 0 Å². The molecule has 0 bridgehead atoms. The minimum absolute atomic E-state index is 0.103. The van der Waals surface area contributed by atoms with Gasteiger partial charge in [-0.2, -0.15) is 0 Å². The Labute approximate surface area is 475 Å². The van der Waals surface area contributed by atoms with Crippen molar-refractivity contribution in [1.29, 1.82) is 0 Å². The number of unbranched alkanes of at least 4 members (excludes halogenated alkanes) is 23. The third-order valence-corrected chi connectivity index (χ3v) is 13.2. The lowest BCUT2D eigenvalue weighted by molar-refractivity contribution is -0.167. The predicted octanol–water partition coefficient (Wildman–Crippen LogP) is 21.8. The molecule has 0 saturated heterocycles. The molecule has 436 valence electrons. The van der Waals surface area contributed by atoms with Gasteiger partial charge in [0.05, 0.1) is 0 Å². The number of hydrogen-bond acceptors (Lipinski definition) is 6. The zero-order valence-electron chi connectivity index (χ0n) is 49.9. The van der Waals surface area contributed by atoms with Crippen LogP contribution in [0.2, 0.25) is 0 Å². The highest BCUT2D eigenvalue weighted by atomic mass is 16.6. The molecule has 0 radical (unpaired) electrons. The number of hydrogen-bond donors (Lipinski definition) is 0. The summed E-state index contributed by atoms with van der Waals surface area (Å²) >= 11 is 0. The smallest absolute Gasteiger partial charge is 0.306 e. The van der Waals surface area contributed by atoms with E-state index in [1.54, 1.807) is 0 Å². The van der Waals surface area contributed by atoms with Crippen molar-refractivity contribution < 1.29 is 28.6 Å². The lowest BCUT2D eigenvalue weighted by Crippen LogP contribution is -2.30. The molecule has 1 atom stereocenters. The summed E-state index contributed by atoms with van der Waals surface area (Å²) in [6, 6.07) is 0. The fourth-order valence-corrected chi connectivity index (χ4v) is 8.48. The zero-order chi connectivity index (χ0) is 55.7. The summed E-state index contributed by atoms with van der Waals surface area (Å²) in [6.45, 7) is 6.37. The van der Waals surface area contributed by atoms with Crippen molar-refractivity contribution in [2.24, 2.45) is 0 Å². The van der Waals surface area contributed by atoms with Crippen LogP contribution in [-0.2, 0) is 28.6 Å². The van der Waals surface area contributed by atoms with Crippen molar-refractivity contribution in [3.05, 3.63) is 134 Å². The summed E-state index contributed by atoms with van der Waals surface area (Å²) in [7, 11) is 0. The Morgan fingerprint density at radius 1 is 0.273 bits per heavy atom. The van der Waals surface area contributed by atoms with Gasteiger partial charge in [-0.25, -0.2) is 0 Å². The van der Waals surface area contributed by atoms with E-state index >= 15 is 0 Å².